The average molecular weight is 289 g/mol. The van der Waals surface area contributed by atoms with Gasteiger partial charge in [0.05, 0.1) is 17.9 Å². The lowest BCUT2D eigenvalue weighted by atomic mass is 10.2. The smallest absolute Gasteiger partial charge is 0.338 e. The Morgan fingerprint density at radius 3 is 2.62 bits per heavy atom. The fourth-order valence-electron chi connectivity index (χ4n) is 1.79. The molecule has 0 aliphatic heterocycles. The number of rotatable bonds is 4. The summed E-state index contributed by atoms with van der Waals surface area (Å²) in [5, 5.41) is 0. The normalized spacial score (nSPS) is 10.2. The second kappa shape index (κ2) is 6.26. The summed E-state index contributed by atoms with van der Waals surface area (Å²) in [4.78, 5) is 11.6. The summed E-state index contributed by atoms with van der Waals surface area (Å²) in [6, 6.07) is 9.04. The van der Waals surface area contributed by atoms with Gasteiger partial charge in [0.2, 0.25) is 0 Å². The van der Waals surface area contributed by atoms with Crippen LogP contribution in [0.4, 0.5) is 10.1 Å². The highest BCUT2D eigenvalue weighted by Gasteiger charge is 2.12. The Bertz CT molecular complexity index is 671. The van der Waals surface area contributed by atoms with Crippen LogP contribution in [-0.2, 0) is 4.74 Å². The first-order chi connectivity index (χ1) is 10.0. The number of nitrogen functional groups attached to an aromatic ring is 1. The number of aryl methyl sites for hydroxylation is 1. The number of anilines is 1. The highest BCUT2D eigenvalue weighted by atomic mass is 19.1. The molecule has 0 aliphatic carbocycles. The van der Waals surface area contributed by atoms with Gasteiger partial charge in [-0.1, -0.05) is 6.07 Å². The van der Waals surface area contributed by atoms with Gasteiger partial charge < -0.3 is 15.2 Å². The average Bonchev–Trinajstić information content (AvgIpc) is 2.45. The molecule has 0 heterocycles. The number of halogens is 1. The van der Waals surface area contributed by atoms with E-state index in [-0.39, 0.29) is 23.8 Å². The fourth-order valence-corrected chi connectivity index (χ4v) is 1.79. The molecule has 0 radical (unpaired) electrons. The van der Waals surface area contributed by atoms with E-state index in [1.165, 1.54) is 24.3 Å². The zero-order valence-corrected chi connectivity index (χ0v) is 11.9. The van der Waals surface area contributed by atoms with Crippen LogP contribution in [0.15, 0.2) is 36.4 Å². The maximum Gasteiger partial charge on any atom is 0.338 e. The van der Waals surface area contributed by atoms with Crippen molar-refractivity contribution >= 4 is 11.7 Å². The molecular weight excluding hydrogens is 273 g/mol. The van der Waals surface area contributed by atoms with Crippen LogP contribution >= 0.6 is 0 Å². The number of carbonyl (C=O) groups is 1. The van der Waals surface area contributed by atoms with E-state index in [1.54, 1.807) is 19.1 Å². The Kier molecular flexibility index (Phi) is 4.42. The lowest BCUT2D eigenvalue weighted by Gasteiger charge is -2.11. The molecule has 2 N–H and O–H groups in total. The third-order valence-electron chi connectivity index (χ3n) is 2.83. The van der Waals surface area contributed by atoms with Crippen molar-refractivity contribution < 1.29 is 18.7 Å². The zero-order valence-electron chi connectivity index (χ0n) is 11.9. The summed E-state index contributed by atoms with van der Waals surface area (Å²) >= 11 is 0. The molecule has 5 heteroatoms. The van der Waals surface area contributed by atoms with Crippen LogP contribution < -0.4 is 10.5 Å². The van der Waals surface area contributed by atoms with E-state index in [0.717, 1.165) is 5.56 Å². The van der Waals surface area contributed by atoms with Gasteiger partial charge in [-0.05, 0) is 49.7 Å². The number of benzene rings is 2. The molecular formula is C16H16FNO3. The van der Waals surface area contributed by atoms with Crippen molar-refractivity contribution in [3.05, 3.63) is 53.3 Å². The van der Waals surface area contributed by atoms with Gasteiger partial charge in [0.1, 0.15) is 0 Å². The third-order valence-corrected chi connectivity index (χ3v) is 2.83. The Labute approximate surface area is 122 Å². The maximum absolute atomic E-state index is 13.7. The van der Waals surface area contributed by atoms with Gasteiger partial charge in [0.25, 0.3) is 0 Å². The molecule has 0 unspecified atom stereocenters. The Morgan fingerprint density at radius 2 is 1.95 bits per heavy atom. The van der Waals surface area contributed by atoms with Crippen molar-refractivity contribution in [2.45, 2.75) is 13.8 Å². The molecule has 4 nitrogen and oxygen atoms in total. The van der Waals surface area contributed by atoms with Gasteiger partial charge in [-0.15, -0.1) is 0 Å². The van der Waals surface area contributed by atoms with Crippen LogP contribution in [0.3, 0.4) is 0 Å². The first kappa shape index (κ1) is 14.8. The molecule has 2 aromatic carbocycles. The van der Waals surface area contributed by atoms with Gasteiger partial charge in [-0.2, -0.15) is 0 Å². The largest absolute Gasteiger partial charge is 0.462 e. The van der Waals surface area contributed by atoms with E-state index in [9.17, 15) is 9.18 Å². The van der Waals surface area contributed by atoms with Crippen molar-refractivity contribution in [2.75, 3.05) is 12.3 Å². The van der Waals surface area contributed by atoms with E-state index in [1.807, 2.05) is 6.92 Å². The fraction of sp³-hybridized carbons (Fsp3) is 0.188. The summed E-state index contributed by atoms with van der Waals surface area (Å²) < 4.78 is 24.0. The van der Waals surface area contributed by atoms with E-state index >= 15 is 0 Å². The molecule has 0 atom stereocenters. The number of nitrogens with two attached hydrogens (primary N) is 1. The quantitative estimate of drug-likeness (QED) is 0.689. The first-order valence-electron chi connectivity index (χ1n) is 6.52. The standard InChI is InChI=1S/C16H16FNO3/c1-3-20-16(19)11-5-7-14(13(18)9-11)21-15-8-10(2)4-6-12(15)17/h4-9H,3,18H2,1-2H3. The van der Waals surface area contributed by atoms with E-state index in [4.69, 9.17) is 15.2 Å². The summed E-state index contributed by atoms with van der Waals surface area (Å²) in [6.45, 7) is 3.84. The second-order valence-corrected chi connectivity index (χ2v) is 4.51. The zero-order chi connectivity index (χ0) is 15.4. The SMILES string of the molecule is CCOC(=O)c1ccc(Oc2cc(C)ccc2F)c(N)c1. The van der Waals surface area contributed by atoms with Crippen LogP contribution in [0, 0.1) is 12.7 Å². The van der Waals surface area contributed by atoms with Crippen molar-refractivity contribution in [3.63, 3.8) is 0 Å². The number of ether oxygens (including phenoxy) is 2. The summed E-state index contributed by atoms with van der Waals surface area (Å²) in [5.74, 6) is -0.565. The van der Waals surface area contributed by atoms with Gasteiger partial charge in [0.15, 0.2) is 17.3 Å². The molecule has 0 fully saturated rings. The Morgan fingerprint density at radius 1 is 1.19 bits per heavy atom. The monoisotopic (exact) mass is 289 g/mol. The van der Waals surface area contributed by atoms with Crippen LogP contribution in [0.1, 0.15) is 22.8 Å². The summed E-state index contributed by atoms with van der Waals surface area (Å²) in [5.41, 5.74) is 7.27. The highest BCUT2D eigenvalue weighted by molar-refractivity contribution is 5.91. The molecule has 0 aliphatic rings. The van der Waals surface area contributed by atoms with E-state index in [2.05, 4.69) is 0 Å². The Hall–Kier alpha value is -2.56. The number of esters is 1. The second-order valence-electron chi connectivity index (χ2n) is 4.51. The Balaban J connectivity index is 2.25. The van der Waals surface area contributed by atoms with E-state index in [0.29, 0.717) is 5.56 Å². The number of carbonyl (C=O) groups excluding carboxylic acids is 1. The van der Waals surface area contributed by atoms with Crippen molar-refractivity contribution in [2.24, 2.45) is 0 Å². The lowest BCUT2D eigenvalue weighted by Crippen LogP contribution is -2.05. The minimum atomic E-state index is -0.477. The molecule has 2 rings (SSSR count). The predicted molar refractivity (Wildman–Crippen MR) is 78.0 cm³/mol. The van der Waals surface area contributed by atoms with Gasteiger partial charge >= 0.3 is 5.97 Å². The van der Waals surface area contributed by atoms with Crippen LogP contribution in [0.2, 0.25) is 0 Å². The summed E-state index contributed by atoms with van der Waals surface area (Å²) in [6.07, 6.45) is 0. The lowest BCUT2D eigenvalue weighted by molar-refractivity contribution is 0.0526. The molecule has 2 aromatic rings. The predicted octanol–water partition coefficient (Wildman–Crippen LogP) is 3.69. The minimum Gasteiger partial charge on any atom is -0.462 e. The van der Waals surface area contributed by atoms with Crippen LogP contribution in [0.25, 0.3) is 0 Å². The topological polar surface area (TPSA) is 61.5 Å². The number of hydrogen-bond acceptors (Lipinski definition) is 4. The number of hydrogen-bond donors (Lipinski definition) is 1. The van der Waals surface area contributed by atoms with Crippen molar-refractivity contribution in [3.8, 4) is 11.5 Å². The molecule has 0 aromatic heterocycles. The minimum absolute atomic E-state index is 0.0885. The van der Waals surface area contributed by atoms with E-state index < -0.39 is 11.8 Å². The highest BCUT2D eigenvalue weighted by Crippen LogP contribution is 2.30. The molecule has 0 amide bonds. The third kappa shape index (κ3) is 3.51. The van der Waals surface area contributed by atoms with Gasteiger partial charge in [0, 0.05) is 0 Å². The molecule has 21 heavy (non-hydrogen) atoms. The van der Waals surface area contributed by atoms with Crippen LogP contribution in [-0.4, -0.2) is 12.6 Å². The van der Waals surface area contributed by atoms with Crippen LogP contribution in [0.5, 0.6) is 11.5 Å². The first-order valence-corrected chi connectivity index (χ1v) is 6.52. The van der Waals surface area contributed by atoms with Gasteiger partial charge in [-0.3, -0.25) is 0 Å². The molecule has 0 saturated heterocycles. The molecule has 110 valence electrons. The molecule has 0 spiro atoms. The van der Waals surface area contributed by atoms with Crippen molar-refractivity contribution in [1.82, 2.24) is 0 Å². The maximum atomic E-state index is 13.7. The van der Waals surface area contributed by atoms with Gasteiger partial charge in [-0.25, -0.2) is 9.18 Å². The molecule has 0 saturated carbocycles. The molecule has 0 bridgehead atoms. The van der Waals surface area contributed by atoms with Crippen molar-refractivity contribution in [1.29, 1.82) is 0 Å². The summed E-state index contributed by atoms with van der Waals surface area (Å²) in [7, 11) is 0.